The van der Waals surface area contributed by atoms with Crippen LogP contribution in [0.1, 0.15) is 19.4 Å². The molecule has 0 saturated carbocycles. The van der Waals surface area contributed by atoms with Crippen LogP contribution in [0.5, 0.6) is 0 Å². The number of thioether (sulfide) groups is 1. The Hall–Kier alpha value is -0.630. The van der Waals surface area contributed by atoms with E-state index in [1.54, 1.807) is 17.8 Å². The fraction of sp³-hybridized carbons (Fsp3) is 0.571. The lowest BCUT2D eigenvalue weighted by molar-refractivity contribution is 0.441. The van der Waals surface area contributed by atoms with Crippen LogP contribution in [-0.4, -0.2) is 43.4 Å². The second-order valence-electron chi connectivity index (χ2n) is 5.30. The van der Waals surface area contributed by atoms with Crippen molar-refractivity contribution >= 4 is 21.8 Å². The highest BCUT2D eigenvalue weighted by Crippen LogP contribution is 2.24. The van der Waals surface area contributed by atoms with E-state index in [1.807, 2.05) is 13.8 Å². The van der Waals surface area contributed by atoms with Gasteiger partial charge in [-0.15, -0.1) is 0 Å². The van der Waals surface area contributed by atoms with Gasteiger partial charge < -0.3 is 5.32 Å². The molecular formula is C14H21FN2O2S2. The van der Waals surface area contributed by atoms with E-state index in [-0.39, 0.29) is 10.9 Å². The van der Waals surface area contributed by atoms with Crippen molar-refractivity contribution in [2.75, 3.05) is 24.6 Å². The predicted molar refractivity (Wildman–Crippen MR) is 84.5 cm³/mol. The van der Waals surface area contributed by atoms with Gasteiger partial charge in [-0.2, -0.15) is 16.1 Å². The Morgan fingerprint density at radius 1 is 1.33 bits per heavy atom. The first-order valence-electron chi connectivity index (χ1n) is 7.01. The molecule has 1 saturated heterocycles. The van der Waals surface area contributed by atoms with Crippen LogP contribution in [0.4, 0.5) is 4.39 Å². The molecule has 1 aliphatic heterocycles. The highest BCUT2D eigenvalue weighted by molar-refractivity contribution is 7.99. The fourth-order valence-corrected chi connectivity index (χ4v) is 4.96. The van der Waals surface area contributed by atoms with Crippen molar-refractivity contribution in [2.45, 2.75) is 31.3 Å². The number of halogens is 1. The molecule has 7 heteroatoms. The third kappa shape index (κ3) is 4.18. The molecular weight excluding hydrogens is 311 g/mol. The number of benzene rings is 1. The van der Waals surface area contributed by atoms with E-state index in [2.05, 4.69) is 5.32 Å². The molecule has 0 atom stereocenters. The minimum Gasteiger partial charge on any atom is -0.310 e. The topological polar surface area (TPSA) is 49.4 Å². The highest BCUT2D eigenvalue weighted by atomic mass is 32.2. The first-order chi connectivity index (χ1) is 9.91. The van der Waals surface area contributed by atoms with Crippen molar-refractivity contribution in [1.29, 1.82) is 0 Å². The van der Waals surface area contributed by atoms with E-state index in [1.165, 1.54) is 10.4 Å². The van der Waals surface area contributed by atoms with Crippen molar-refractivity contribution in [2.24, 2.45) is 0 Å². The summed E-state index contributed by atoms with van der Waals surface area (Å²) in [4.78, 5) is 0.0857. The number of nitrogens with zero attached hydrogens (tertiary/aromatic N) is 1. The first kappa shape index (κ1) is 16.7. The average molecular weight is 332 g/mol. The second kappa shape index (κ2) is 7.09. The maximum atomic E-state index is 13.5. The summed E-state index contributed by atoms with van der Waals surface area (Å²) in [5.74, 6) is 1.05. The number of sulfonamides is 1. The van der Waals surface area contributed by atoms with Crippen LogP contribution in [0.15, 0.2) is 23.1 Å². The van der Waals surface area contributed by atoms with Gasteiger partial charge in [0.1, 0.15) is 5.82 Å². The van der Waals surface area contributed by atoms with Crippen molar-refractivity contribution in [3.8, 4) is 0 Å². The summed E-state index contributed by atoms with van der Waals surface area (Å²) in [6.45, 7) is 5.36. The molecule has 1 aliphatic rings. The Balaban J connectivity index is 2.33. The second-order valence-corrected chi connectivity index (χ2v) is 8.44. The molecule has 1 heterocycles. The van der Waals surface area contributed by atoms with Crippen molar-refractivity contribution in [1.82, 2.24) is 9.62 Å². The van der Waals surface area contributed by atoms with Gasteiger partial charge >= 0.3 is 0 Å². The van der Waals surface area contributed by atoms with E-state index >= 15 is 0 Å². The smallest absolute Gasteiger partial charge is 0.243 e. The lowest BCUT2D eigenvalue weighted by Crippen LogP contribution is -2.38. The van der Waals surface area contributed by atoms with E-state index < -0.39 is 15.8 Å². The van der Waals surface area contributed by atoms with Crippen LogP contribution >= 0.6 is 11.8 Å². The third-order valence-corrected chi connectivity index (χ3v) is 6.24. The van der Waals surface area contributed by atoms with Crippen LogP contribution in [0.2, 0.25) is 0 Å². The highest BCUT2D eigenvalue weighted by Gasteiger charge is 2.28. The molecule has 0 aromatic heterocycles. The van der Waals surface area contributed by atoms with Gasteiger partial charge in [0.25, 0.3) is 0 Å². The molecule has 118 valence electrons. The monoisotopic (exact) mass is 332 g/mol. The lowest BCUT2D eigenvalue weighted by Gasteiger charge is -2.26. The molecule has 1 aromatic rings. The maximum Gasteiger partial charge on any atom is 0.243 e. The van der Waals surface area contributed by atoms with Gasteiger partial charge in [0.05, 0.1) is 4.90 Å². The summed E-state index contributed by atoms with van der Waals surface area (Å²) in [5, 5.41) is 3.19. The molecule has 0 amide bonds. The van der Waals surface area contributed by atoms with Crippen LogP contribution in [0.3, 0.4) is 0 Å². The number of nitrogens with one attached hydrogen (secondary N) is 1. The summed E-state index contributed by atoms with van der Waals surface area (Å²) in [6, 6.07) is 4.23. The van der Waals surface area contributed by atoms with Gasteiger partial charge in [-0.05, 0) is 17.7 Å². The van der Waals surface area contributed by atoms with Gasteiger partial charge in [0.15, 0.2) is 0 Å². The summed E-state index contributed by atoms with van der Waals surface area (Å²) < 4.78 is 40.4. The van der Waals surface area contributed by atoms with Crippen LogP contribution in [0.25, 0.3) is 0 Å². The van der Waals surface area contributed by atoms with Gasteiger partial charge in [-0.1, -0.05) is 19.9 Å². The van der Waals surface area contributed by atoms with Gasteiger partial charge in [-0.3, -0.25) is 0 Å². The first-order valence-corrected chi connectivity index (χ1v) is 9.60. The van der Waals surface area contributed by atoms with Crippen LogP contribution in [0, 0.1) is 5.82 Å². The van der Waals surface area contributed by atoms with Gasteiger partial charge in [-0.25, -0.2) is 12.8 Å². The maximum absolute atomic E-state index is 13.5. The summed E-state index contributed by atoms with van der Waals surface area (Å²) in [6.07, 6.45) is 0. The Morgan fingerprint density at radius 3 is 2.62 bits per heavy atom. The predicted octanol–water partition coefficient (Wildman–Crippen LogP) is 2.06. The Kier molecular flexibility index (Phi) is 5.65. The molecule has 1 aromatic carbocycles. The van der Waals surface area contributed by atoms with Crippen LogP contribution < -0.4 is 5.32 Å². The zero-order valence-corrected chi connectivity index (χ0v) is 13.9. The van der Waals surface area contributed by atoms with Crippen molar-refractivity contribution in [3.63, 3.8) is 0 Å². The minimum absolute atomic E-state index is 0.0857. The molecule has 1 N–H and O–H groups in total. The molecule has 0 bridgehead atoms. The lowest BCUT2D eigenvalue weighted by atomic mass is 10.2. The Bertz CT molecular complexity index is 585. The van der Waals surface area contributed by atoms with E-state index in [9.17, 15) is 12.8 Å². The Labute approximate surface area is 130 Å². The summed E-state index contributed by atoms with van der Waals surface area (Å²) >= 11 is 1.74. The van der Waals surface area contributed by atoms with Gasteiger partial charge in [0.2, 0.25) is 10.0 Å². The molecule has 0 unspecified atom stereocenters. The standard InChI is InChI=1S/C14H21FN2O2S2/c1-11(2)16-10-12-3-4-13(15)9-14(12)21(18,19)17-5-7-20-8-6-17/h3-4,9,11,16H,5-8,10H2,1-2H3. The van der Waals surface area contributed by atoms with Gasteiger partial charge in [0, 0.05) is 37.2 Å². The van der Waals surface area contributed by atoms with Crippen molar-refractivity contribution < 1.29 is 12.8 Å². The number of rotatable bonds is 5. The molecule has 21 heavy (non-hydrogen) atoms. The van der Waals surface area contributed by atoms with Crippen molar-refractivity contribution in [3.05, 3.63) is 29.6 Å². The SMILES string of the molecule is CC(C)NCc1ccc(F)cc1S(=O)(=O)N1CCSCC1. The zero-order chi connectivity index (χ0) is 15.5. The molecule has 1 fully saturated rings. The largest absolute Gasteiger partial charge is 0.310 e. The number of hydrogen-bond acceptors (Lipinski definition) is 4. The normalized spacial score (nSPS) is 17.3. The molecule has 4 nitrogen and oxygen atoms in total. The van der Waals surface area contributed by atoms with E-state index in [4.69, 9.17) is 0 Å². The Morgan fingerprint density at radius 2 is 2.00 bits per heavy atom. The molecule has 0 spiro atoms. The number of hydrogen-bond donors (Lipinski definition) is 1. The summed E-state index contributed by atoms with van der Waals surface area (Å²) in [7, 11) is -3.62. The fourth-order valence-electron chi connectivity index (χ4n) is 2.15. The van der Waals surface area contributed by atoms with E-state index in [0.717, 1.165) is 17.6 Å². The quantitative estimate of drug-likeness (QED) is 0.897. The molecule has 0 radical (unpaired) electrons. The summed E-state index contributed by atoms with van der Waals surface area (Å²) in [5.41, 5.74) is 0.614. The molecule has 0 aliphatic carbocycles. The minimum atomic E-state index is -3.62. The van der Waals surface area contributed by atoms with E-state index in [0.29, 0.717) is 25.2 Å². The third-order valence-electron chi connectivity index (χ3n) is 3.32. The van der Waals surface area contributed by atoms with Crippen LogP contribution in [-0.2, 0) is 16.6 Å². The zero-order valence-electron chi connectivity index (χ0n) is 12.3. The average Bonchev–Trinajstić information content (AvgIpc) is 2.46. The molecule has 2 rings (SSSR count).